The SMILES string of the molecule is Cn1c2c(c3ccccc31)C(=O)CCC2O. The topological polar surface area (TPSA) is 42.2 Å². The minimum absolute atomic E-state index is 0.150. The van der Waals surface area contributed by atoms with Gasteiger partial charge in [-0.15, -0.1) is 0 Å². The molecule has 0 aliphatic heterocycles. The standard InChI is InChI=1S/C13H13NO2/c1-14-9-5-3-2-4-8(9)12-10(15)6-7-11(16)13(12)14/h2-5,11,16H,6-7H2,1H3. The number of para-hydroxylation sites is 1. The summed E-state index contributed by atoms with van der Waals surface area (Å²) in [6.45, 7) is 0. The number of aryl methyl sites for hydroxylation is 1. The van der Waals surface area contributed by atoms with Crippen LogP contribution in [0.25, 0.3) is 10.9 Å². The highest BCUT2D eigenvalue weighted by molar-refractivity contribution is 6.10. The molecule has 0 amide bonds. The summed E-state index contributed by atoms with van der Waals surface area (Å²) in [6.07, 6.45) is 0.475. The van der Waals surface area contributed by atoms with Crippen LogP contribution in [-0.2, 0) is 7.05 Å². The van der Waals surface area contributed by atoms with Crippen LogP contribution in [0.5, 0.6) is 0 Å². The van der Waals surface area contributed by atoms with E-state index in [0.717, 1.165) is 22.2 Å². The van der Waals surface area contributed by atoms with E-state index in [2.05, 4.69) is 0 Å². The molecule has 1 aliphatic rings. The first-order chi connectivity index (χ1) is 7.70. The third kappa shape index (κ3) is 1.09. The highest BCUT2D eigenvalue weighted by Crippen LogP contribution is 2.36. The Hall–Kier alpha value is -1.61. The number of carbonyl (C=O) groups is 1. The van der Waals surface area contributed by atoms with E-state index in [0.29, 0.717) is 12.8 Å². The van der Waals surface area contributed by atoms with Gasteiger partial charge in [-0.3, -0.25) is 4.79 Å². The van der Waals surface area contributed by atoms with Crippen LogP contribution in [0.4, 0.5) is 0 Å². The van der Waals surface area contributed by atoms with Gasteiger partial charge in [0.05, 0.1) is 11.8 Å². The predicted octanol–water partition coefficient (Wildman–Crippen LogP) is 2.19. The number of fused-ring (bicyclic) bond motifs is 3. The smallest absolute Gasteiger partial charge is 0.165 e. The minimum atomic E-state index is -0.509. The number of hydrogen-bond acceptors (Lipinski definition) is 2. The molecule has 1 N–H and O–H groups in total. The van der Waals surface area contributed by atoms with Crippen molar-refractivity contribution in [2.24, 2.45) is 7.05 Å². The lowest BCUT2D eigenvalue weighted by Gasteiger charge is -2.18. The maximum absolute atomic E-state index is 11.9. The van der Waals surface area contributed by atoms with E-state index in [1.165, 1.54) is 0 Å². The van der Waals surface area contributed by atoms with Crippen LogP contribution >= 0.6 is 0 Å². The van der Waals surface area contributed by atoms with Crippen molar-refractivity contribution < 1.29 is 9.90 Å². The van der Waals surface area contributed by atoms with Crippen molar-refractivity contribution in [2.45, 2.75) is 18.9 Å². The number of aliphatic hydroxyl groups excluding tert-OH is 1. The van der Waals surface area contributed by atoms with E-state index >= 15 is 0 Å². The Morgan fingerprint density at radius 2 is 2.12 bits per heavy atom. The van der Waals surface area contributed by atoms with Crippen molar-refractivity contribution >= 4 is 16.7 Å². The second-order valence-corrected chi connectivity index (χ2v) is 4.31. The average Bonchev–Trinajstić information content (AvgIpc) is 2.60. The summed E-state index contributed by atoms with van der Waals surface area (Å²) in [6, 6.07) is 7.80. The molecular formula is C13H13NO2. The van der Waals surface area contributed by atoms with Gasteiger partial charge < -0.3 is 9.67 Å². The van der Waals surface area contributed by atoms with E-state index in [1.54, 1.807) is 0 Å². The molecule has 3 nitrogen and oxygen atoms in total. The number of aliphatic hydroxyl groups is 1. The van der Waals surface area contributed by atoms with E-state index in [4.69, 9.17) is 0 Å². The zero-order valence-electron chi connectivity index (χ0n) is 9.10. The molecule has 3 rings (SSSR count). The molecule has 0 saturated carbocycles. The van der Waals surface area contributed by atoms with Crippen LogP contribution in [0, 0.1) is 0 Å². The molecule has 1 atom stereocenters. The summed E-state index contributed by atoms with van der Waals surface area (Å²) in [4.78, 5) is 11.9. The Labute approximate surface area is 93.3 Å². The molecule has 1 aromatic carbocycles. The number of hydrogen-bond donors (Lipinski definition) is 1. The van der Waals surface area contributed by atoms with Gasteiger partial charge in [-0.05, 0) is 12.5 Å². The van der Waals surface area contributed by atoms with E-state index in [-0.39, 0.29) is 5.78 Å². The van der Waals surface area contributed by atoms with E-state index in [1.807, 2.05) is 35.9 Å². The molecule has 82 valence electrons. The largest absolute Gasteiger partial charge is 0.387 e. The third-order valence-electron chi connectivity index (χ3n) is 3.39. The van der Waals surface area contributed by atoms with Crippen LogP contribution in [-0.4, -0.2) is 15.5 Å². The normalized spacial score (nSPS) is 20.1. The number of benzene rings is 1. The molecular weight excluding hydrogens is 202 g/mol. The molecule has 2 aromatic rings. The van der Waals surface area contributed by atoms with Crippen molar-refractivity contribution in [3.63, 3.8) is 0 Å². The number of Topliss-reactive ketones (excluding diaryl/α,β-unsaturated/α-hetero) is 1. The van der Waals surface area contributed by atoms with Gasteiger partial charge in [-0.2, -0.15) is 0 Å². The first-order valence-corrected chi connectivity index (χ1v) is 5.48. The highest BCUT2D eigenvalue weighted by Gasteiger charge is 2.29. The summed E-state index contributed by atoms with van der Waals surface area (Å²) < 4.78 is 1.94. The lowest BCUT2D eigenvalue weighted by molar-refractivity contribution is 0.0889. The molecule has 0 radical (unpaired) electrons. The van der Waals surface area contributed by atoms with Crippen molar-refractivity contribution in [1.29, 1.82) is 0 Å². The molecule has 0 fully saturated rings. The van der Waals surface area contributed by atoms with Crippen LogP contribution in [0.3, 0.4) is 0 Å². The summed E-state index contributed by atoms with van der Waals surface area (Å²) >= 11 is 0. The number of ketones is 1. The van der Waals surface area contributed by atoms with Gasteiger partial charge in [0.2, 0.25) is 0 Å². The van der Waals surface area contributed by atoms with Crippen molar-refractivity contribution in [3.8, 4) is 0 Å². The Morgan fingerprint density at radius 1 is 1.38 bits per heavy atom. The Bertz CT molecular complexity index is 583. The lowest BCUT2D eigenvalue weighted by Crippen LogP contribution is -2.16. The quantitative estimate of drug-likeness (QED) is 0.732. The summed E-state index contributed by atoms with van der Waals surface area (Å²) in [7, 11) is 1.91. The predicted molar refractivity (Wildman–Crippen MR) is 61.4 cm³/mol. The lowest BCUT2D eigenvalue weighted by atomic mass is 9.92. The van der Waals surface area contributed by atoms with Gasteiger partial charge in [0.1, 0.15) is 0 Å². The Balaban J connectivity index is 2.46. The summed E-state index contributed by atoms with van der Waals surface area (Å²) in [5.41, 5.74) is 2.51. The number of nitrogens with zero attached hydrogens (tertiary/aromatic N) is 1. The average molecular weight is 215 g/mol. The number of aromatic nitrogens is 1. The van der Waals surface area contributed by atoms with Gasteiger partial charge in [-0.1, -0.05) is 18.2 Å². The molecule has 1 aliphatic carbocycles. The van der Waals surface area contributed by atoms with Gasteiger partial charge >= 0.3 is 0 Å². The first kappa shape index (κ1) is 9.60. The number of carbonyl (C=O) groups excluding carboxylic acids is 1. The maximum atomic E-state index is 11.9. The Kier molecular flexibility index (Phi) is 1.91. The molecule has 0 spiro atoms. The van der Waals surface area contributed by atoms with Crippen LogP contribution in [0.2, 0.25) is 0 Å². The molecule has 1 unspecified atom stereocenters. The first-order valence-electron chi connectivity index (χ1n) is 5.48. The second-order valence-electron chi connectivity index (χ2n) is 4.31. The van der Waals surface area contributed by atoms with Crippen molar-refractivity contribution in [1.82, 2.24) is 4.57 Å². The molecule has 0 saturated heterocycles. The third-order valence-corrected chi connectivity index (χ3v) is 3.39. The van der Waals surface area contributed by atoms with Crippen LogP contribution in [0.15, 0.2) is 24.3 Å². The van der Waals surface area contributed by atoms with Crippen LogP contribution < -0.4 is 0 Å². The molecule has 1 aromatic heterocycles. The fourth-order valence-corrected chi connectivity index (χ4v) is 2.63. The fraction of sp³-hybridized carbons (Fsp3) is 0.308. The maximum Gasteiger partial charge on any atom is 0.165 e. The van der Waals surface area contributed by atoms with Gasteiger partial charge in [0.25, 0.3) is 0 Å². The fourth-order valence-electron chi connectivity index (χ4n) is 2.63. The Morgan fingerprint density at radius 3 is 2.94 bits per heavy atom. The number of rotatable bonds is 0. The van der Waals surface area contributed by atoms with Gasteiger partial charge in [0, 0.05) is 29.9 Å². The minimum Gasteiger partial charge on any atom is -0.387 e. The molecule has 3 heteroatoms. The monoisotopic (exact) mass is 215 g/mol. The zero-order chi connectivity index (χ0) is 11.3. The van der Waals surface area contributed by atoms with E-state index < -0.39 is 6.10 Å². The van der Waals surface area contributed by atoms with Crippen molar-refractivity contribution in [2.75, 3.05) is 0 Å². The molecule has 16 heavy (non-hydrogen) atoms. The van der Waals surface area contributed by atoms with Gasteiger partial charge in [-0.25, -0.2) is 0 Å². The van der Waals surface area contributed by atoms with Crippen LogP contribution in [0.1, 0.15) is 35.0 Å². The molecule has 1 heterocycles. The van der Waals surface area contributed by atoms with Crippen molar-refractivity contribution in [3.05, 3.63) is 35.5 Å². The summed E-state index contributed by atoms with van der Waals surface area (Å²) in [5.74, 6) is 0.150. The zero-order valence-corrected chi connectivity index (χ0v) is 9.10. The highest BCUT2D eigenvalue weighted by atomic mass is 16.3. The molecule has 0 bridgehead atoms. The summed E-state index contributed by atoms with van der Waals surface area (Å²) in [5, 5.41) is 10.9. The second kappa shape index (κ2) is 3.19. The van der Waals surface area contributed by atoms with Gasteiger partial charge in [0.15, 0.2) is 5.78 Å². The van der Waals surface area contributed by atoms with E-state index in [9.17, 15) is 9.90 Å².